The normalized spacial score (nSPS) is 15.2. The molecule has 1 aliphatic heterocycles. The molecule has 2 N–H and O–H groups in total. The van der Waals surface area contributed by atoms with Crippen LogP contribution < -0.4 is 10.6 Å². The van der Waals surface area contributed by atoms with Crippen molar-refractivity contribution in [2.75, 3.05) is 30.5 Å². The predicted octanol–water partition coefficient (Wildman–Crippen LogP) is 3.40. The summed E-state index contributed by atoms with van der Waals surface area (Å²) < 4.78 is 0. The number of rotatable bonds is 7. The predicted molar refractivity (Wildman–Crippen MR) is 116 cm³/mol. The summed E-state index contributed by atoms with van der Waals surface area (Å²) in [7, 11) is 1.61. The minimum Gasteiger partial charge on any atom is -0.336 e. The molecule has 29 heavy (non-hydrogen) atoms. The van der Waals surface area contributed by atoms with Gasteiger partial charge in [-0.25, -0.2) is 0 Å². The van der Waals surface area contributed by atoms with E-state index in [4.69, 9.17) is 0 Å². The number of benzene rings is 2. The molecule has 0 bridgehead atoms. The highest BCUT2D eigenvalue weighted by molar-refractivity contribution is 7.98. The smallest absolute Gasteiger partial charge is 0.244 e. The number of para-hydroxylation sites is 2. The van der Waals surface area contributed by atoms with Crippen molar-refractivity contribution in [3.8, 4) is 0 Å². The van der Waals surface area contributed by atoms with Crippen LogP contribution in [0.5, 0.6) is 0 Å². The average Bonchev–Trinajstić information content (AvgIpc) is 2.72. The molecule has 0 radical (unpaired) electrons. The van der Waals surface area contributed by atoms with Gasteiger partial charge in [0, 0.05) is 30.0 Å². The standard InChI is InChI=1S/C22H25N3O3S/c1-25(14-20(26)23-18-9-5-6-10-19(18)29-2)21(27)12-11-16-13-15-7-3-4-8-17(15)24-22(16)28/h3-10,16H,11-14H2,1-2H3,(H,23,26)(H,24,28). The lowest BCUT2D eigenvalue weighted by Crippen LogP contribution is -2.36. The van der Waals surface area contributed by atoms with E-state index in [2.05, 4.69) is 10.6 Å². The fraction of sp³-hybridized carbons (Fsp3) is 0.318. The molecule has 1 unspecified atom stereocenters. The van der Waals surface area contributed by atoms with E-state index in [1.54, 1.807) is 18.8 Å². The van der Waals surface area contributed by atoms with E-state index in [9.17, 15) is 14.4 Å². The summed E-state index contributed by atoms with van der Waals surface area (Å²) in [4.78, 5) is 39.4. The largest absolute Gasteiger partial charge is 0.336 e. The first-order valence-corrected chi connectivity index (χ1v) is 10.8. The summed E-state index contributed by atoms with van der Waals surface area (Å²) in [6.45, 7) is -0.0265. The van der Waals surface area contributed by atoms with Crippen LogP contribution in [0.4, 0.5) is 11.4 Å². The zero-order chi connectivity index (χ0) is 20.8. The van der Waals surface area contributed by atoms with Crippen molar-refractivity contribution in [1.82, 2.24) is 4.90 Å². The molecular weight excluding hydrogens is 386 g/mol. The number of likely N-dealkylation sites (N-methyl/N-ethyl adjacent to an activating group) is 1. The fourth-order valence-electron chi connectivity index (χ4n) is 3.38. The molecule has 2 aromatic rings. The molecule has 7 heteroatoms. The number of fused-ring (bicyclic) bond motifs is 1. The summed E-state index contributed by atoms with van der Waals surface area (Å²) in [5, 5.41) is 5.76. The number of carbonyl (C=O) groups excluding carboxylic acids is 3. The first kappa shape index (κ1) is 20.9. The van der Waals surface area contributed by atoms with Gasteiger partial charge in [0.15, 0.2) is 0 Å². The van der Waals surface area contributed by atoms with Gasteiger partial charge in [0.05, 0.1) is 12.2 Å². The molecule has 0 aliphatic carbocycles. The lowest BCUT2D eigenvalue weighted by Gasteiger charge is -2.25. The van der Waals surface area contributed by atoms with Gasteiger partial charge in [0.1, 0.15) is 0 Å². The van der Waals surface area contributed by atoms with Crippen molar-refractivity contribution in [3.63, 3.8) is 0 Å². The van der Waals surface area contributed by atoms with E-state index in [0.29, 0.717) is 12.8 Å². The van der Waals surface area contributed by atoms with Gasteiger partial charge >= 0.3 is 0 Å². The molecule has 2 aromatic carbocycles. The molecule has 0 saturated heterocycles. The van der Waals surface area contributed by atoms with Crippen LogP contribution in [0.2, 0.25) is 0 Å². The average molecular weight is 412 g/mol. The first-order chi connectivity index (χ1) is 14.0. The summed E-state index contributed by atoms with van der Waals surface area (Å²) in [5.41, 5.74) is 2.67. The van der Waals surface area contributed by atoms with Crippen LogP contribution in [-0.4, -0.2) is 42.5 Å². The molecule has 6 nitrogen and oxygen atoms in total. The highest BCUT2D eigenvalue weighted by Gasteiger charge is 2.27. The number of amides is 3. The summed E-state index contributed by atoms with van der Waals surface area (Å²) in [6.07, 6.45) is 3.26. The Labute approximate surface area is 175 Å². The molecule has 1 atom stereocenters. The Hall–Kier alpha value is -2.80. The van der Waals surface area contributed by atoms with Gasteiger partial charge in [-0.1, -0.05) is 30.3 Å². The maximum Gasteiger partial charge on any atom is 0.244 e. The van der Waals surface area contributed by atoms with E-state index in [1.165, 1.54) is 4.90 Å². The van der Waals surface area contributed by atoms with Gasteiger partial charge in [-0.15, -0.1) is 11.8 Å². The molecular formula is C22H25N3O3S. The Balaban J connectivity index is 1.49. The zero-order valence-corrected chi connectivity index (χ0v) is 17.4. The third-order valence-electron chi connectivity index (χ3n) is 5.01. The van der Waals surface area contributed by atoms with Crippen LogP contribution in [0.3, 0.4) is 0 Å². The quantitative estimate of drug-likeness (QED) is 0.685. The lowest BCUT2D eigenvalue weighted by molar-refractivity contribution is -0.133. The molecule has 3 amide bonds. The van der Waals surface area contributed by atoms with E-state index in [0.717, 1.165) is 21.8 Å². The Morgan fingerprint density at radius 2 is 1.90 bits per heavy atom. The molecule has 152 valence electrons. The van der Waals surface area contributed by atoms with Gasteiger partial charge in [-0.05, 0) is 42.9 Å². The molecule has 1 aliphatic rings. The van der Waals surface area contributed by atoms with Gasteiger partial charge in [0.2, 0.25) is 17.7 Å². The Kier molecular flexibility index (Phi) is 6.93. The lowest BCUT2D eigenvalue weighted by atomic mass is 9.89. The van der Waals surface area contributed by atoms with Crippen molar-refractivity contribution in [3.05, 3.63) is 54.1 Å². The third-order valence-corrected chi connectivity index (χ3v) is 5.80. The van der Waals surface area contributed by atoms with Crippen LogP contribution in [0, 0.1) is 5.92 Å². The van der Waals surface area contributed by atoms with Gasteiger partial charge < -0.3 is 15.5 Å². The summed E-state index contributed by atoms with van der Waals surface area (Å²) in [6, 6.07) is 15.3. The minimum atomic E-state index is -0.244. The van der Waals surface area contributed by atoms with Gasteiger partial charge in [-0.3, -0.25) is 14.4 Å². The van der Waals surface area contributed by atoms with Crippen LogP contribution in [0.15, 0.2) is 53.4 Å². The number of nitrogens with zero attached hydrogens (tertiary/aromatic N) is 1. The third kappa shape index (κ3) is 5.38. The highest BCUT2D eigenvalue weighted by Crippen LogP contribution is 2.28. The number of nitrogens with one attached hydrogen (secondary N) is 2. The Morgan fingerprint density at radius 3 is 2.69 bits per heavy atom. The van der Waals surface area contributed by atoms with Crippen LogP contribution >= 0.6 is 11.8 Å². The van der Waals surface area contributed by atoms with Crippen molar-refractivity contribution in [2.24, 2.45) is 5.92 Å². The van der Waals surface area contributed by atoms with Gasteiger partial charge in [0.25, 0.3) is 0 Å². The minimum absolute atomic E-state index is 0.0265. The second kappa shape index (κ2) is 9.60. The van der Waals surface area contributed by atoms with E-state index in [1.807, 2.05) is 54.8 Å². The van der Waals surface area contributed by atoms with Crippen LogP contribution in [-0.2, 0) is 20.8 Å². The van der Waals surface area contributed by atoms with E-state index >= 15 is 0 Å². The number of anilines is 2. The van der Waals surface area contributed by atoms with Crippen molar-refractivity contribution >= 4 is 40.9 Å². The molecule has 0 spiro atoms. The highest BCUT2D eigenvalue weighted by atomic mass is 32.2. The van der Waals surface area contributed by atoms with Gasteiger partial charge in [-0.2, -0.15) is 0 Å². The van der Waals surface area contributed by atoms with Crippen molar-refractivity contribution < 1.29 is 14.4 Å². The molecule has 0 aromatic heterocycles. The van der Waals surface area contributed by atoms with Crippen molar-refractivity contribution in [1.29, 1.82) is 0 Å². The number of hydrogen-bond acceptors (Lipinski definition) is 4. The van der Waals surface area contributed by atoms with Crippen LogP contribution in [0.1, 0.15) is 18.4 Å². The van der Waals surface area contributed by atoms with Crippen LogP contribution in [0.25, 0.3) is 0 Å². The molecule has 0 saturated carbocycles. The number of hydrogen-bond donors (Lipinski definition) is 2. The number of carbonyl (C=O) groups is 3. The molecule has 3 rings (SSSR count). The zero-order valence-electron chi connectivity index (χ0n) is 16.6. The maximum absolute atomic E-state index is 12.5. The maximum atomic E-state index is 12.5. The van der Waals surface area contributed by atoms with E-state index in [-0.39, 0.29) is 36.6 Å². The summed E-state index contributed by atoms with van der Waals surface area (Å²) in [5.74, 6) is -0.674. The SMILES string of the molecule is CSc1ccccc1NC(=O)CN(C)C(=O)CCC1Cc2ccccc2NC1=O. The fourth-order valence-corrected chi connectivity index (χ4v) is 3.93. The van der Waals surface area contributed by atoms with Crippen molar-refractivity contribution in [2.45, 2.75) is 24.2 Å². The second-order valence-corrected chi connectivity index (χ2v) is 7.93. The van der Waals surface area contributed by atoms with E-state index < -0.39 is 0 Å². The molecule has 1 heterocycles. The Bertz CT molecular complexity index is 916. The molecule has 0 fully saturated rings. The topological polar surface area (TPSA) is 78.5 Å². The summed E-state index contributed by atoms with van der Waals surface area (Å²) >= 11 is 1.55. The first-order valence-electron chi connectivity index (χ1n) is 9.53. The second-order valence-electron chi connectivity index (χ2n) is 7.08. The Morgan fingerprint density at radius 1 is 1.17 bits per heavy atom. The number of thioether (sulfide) groups is 1. The monoisotopic (exact) mass is 411 g/mol.